The Morgan fingerprint density at radius 1 is 0.889 bits per heavy atom. The Hall–Kier alpha value is -3.15. The van der Waals surface area contributed by atoms with E-state index in [-0.39, 0.29) is 24.1 Å². The number of carbonyl (C=O) groups excluding carboxylic acids is 3. The second kappa shape index (κ2) is 9.52. The van der Waals surface area contributed by atoms with Crippen LogP contribution in [0.1, 0.15) is 36.7 Å². The van der Waals surface area contributed by atoms with Gasteiger partial charge in [0, 0.05) is 37.0 Å². The van der Waals surface area contributed by atoms with E-state index < -0.39 is 0 Å². The predicted octanol–water partition coefficient (Wildman–Crippen LogP) is 3.31. The first-order valence-corrected chi connectivity index (χ1v) is 8.98. The number of rotatable bonds is 7. The Kier molecular flexibility index (Phi) is 7.11. The maximum atomic E-state index is 12.4. The molecule has 2 aromatic rings. The zero-order valence-corrected chi connectivity index (χ0v) is 15.9. The lowest BCUT2D eigenvalue weighted by Gasteiger charge is -2.19. The second-order valence-electron chi connectivity index (χ2n) is 6.16. The number of benzene rings is 2. The van der Waals surface area contributed by atoms with Gasteiger partial charge >= 0.3 is 0 Å². The number of nitrogens with one attached hydrogen (secondary N) is 2. The first-order valence-electron chi connectivity index (χ1n) is 8.98. The number of carbonyl (C=O) groups is 3. The third kappa shape index (κ3) is 5.95. The minimum atomic E-state index is -0.172. The summed E-state index contributed by atoms with van der Waals surface area (Å²) in [7, 11) is 0. The minimum absolute atomic E-state index is 0.0512. The van der Waals surface area contributed by atoms with Crippen LogP contribution in [0.4, 0.5) is 11.4 Å². The minimum Gasteiger partial charge on any atom is -0.339 e. The van der Waals surface area contributed by atoms with Gasteiger partial charge < -0.3 is 15.5 Å². The third-order valence-electron chi connectivity index (χ3n) is 4.08. The molecule has 0 radical (unpaired) electrons. The molecular formula is C21H25N3O3. The number of hydrogen-bond acceptors (Lipinski definition) is 3. The highest BCUT2D eigenvalue weighted by molar-refractivity contribution is 5.97. The van der Waals surface area contributed by atoms with Crippen LogP contribution in [0, 0.1) is 0 Å². The van der Waals surface area contributed by atoms with Gasteiger partial charge in [-0.2, -0.15) is 0 Å². The molecule has 0 fully saturated rings. The summed E-state index contributed by atoms with van der Waals surface area (Å²) in [6.07, 6.45) is 0.203. The van der Waals surface area contributed by atoms with Crippen LogP contribution in [0.2, 0.25) is 0 Å². The number of nitrogens with zero attached hydrogens (tertiary/aromatic N) is 1. The van der Waals surface area contributed by atoms with Crippen molar-refractivity contribution in [3.8, 4) is 0 Å². The van der Waals surface area contributed by atoms with Crippen LogP contribution < -0.4 is 10.6 Å². The van der Waals surface area contributed by atoms with Crippen LogP contribution in [0.15, 0.2) is 48.5 Å². The molecule has 0 spiro atoms. The monoisotopic (exact) mass is 367 g/mol. The normalized spacial score (nSPS) is 10.2. The Morgan fingerprint density at radius 2 is 1.56 bits per heavy atom. The Morgan fingerprint density at radius 3 is 2.15 bits per heavy atom. The Bertz CT molecular complexity index is 812. The summed E-state index contributed by atoms with van der Waals surface area (Å²) in [6, 6.07) is 14.1. The van der Waals surface area contributed by atoms with E-state index in [9.17, 15) is 14.4 Å². The average molecular weight is 367 g/mol. The molecule has 0 heterocycles. The van der Waals surface area contributed by atoms with Crippen molar-refractivity contribution >= 4 is 29.1 Å². The van der Waals surface area contributed by atoms with Crippen molar-refractivity contribution in [3.63, 3.8) is 0 Å². The van der Waals surface area contributed by atoms with Gasteiger partial charge in [0.25, 0.3) is 5.91 Å². The Labute approximate surface area is 159 Å². The fourth-order valence-corrected chi connectivity index (χ4v) is 2.72. The molecule has 2 rings (SSSR count). The van der Waals surface area contributed by atoms with Crippen LogP contribution >= 0.6 is 0 Å². The number of anilines is 2. The maximum Gasteiger partial charge on any atom is 0.253 e. The van der Waals surface area contributed by atoms with Gasteiger partial charge in [-0.15, -0.1) is 0 Å². The van der Waals surface area contributed by atoms with Crippen molar-refractivity contribution in [2.75, 3.05) is 23.7 Å². The van der Waals surface area contributed by atoms with Crippen molar-refractivity contribution in [1.29, 1.82) is 0 Å². The number of amides is 3. The molecule has 0 aliphatic heterocycles. The van der Waals surface area contributed by atoms with Gasteiger partial charge in [0.15, 0.2) is 0 Å². The molecule has 6 heteroatoms. The summed E-state index contributed by atoms with van der Waals surface area (Å²) in [6.45, 7) is 6.59. The highest BCUT2D eigenvalue weighted by atomic mass is 16.2. The van der Waals surface area contributed by atoms with Crippen LogP contribution in [-0.4, -0.2) is 35.7 Å². The van der Waals surface area contributed by atoms with E-state index in [2.05, 4.69) is 10.6 Å². The molecule has 2 aromatic carbocycles. The highest BCUT2D eigenvalue weighted by Gasteiger charge is 2.13. The average Bonchev–Trinajstić information content (AvgIpc) is 2.64. The summed E-state index contributed by atoms with van der Waals surface area (Å²) in [5, 5.41) is 5.51. The quantitative estimate of drug-likeness (QED) is 0.788. The van der Waals surface area contributed by atoms with E-state index in [1.54, 1.807) is 53.4 Å². The largest absolute Gasteiger partial charge is 0.339 e. The van der Waals surface area contributed by atoms with Crippen molar-refractivity contribution in [2.24, 2.45) is 0 Å². The van der Waals surface area contributed by atoms with Crippen molar-refractivity contribution in [1.82, 2.24) is 4.90 Å². The lowest BCUT2D eigenvalue weighted by molar-refractivity contribution is -0.116. The molecule has 0 aliphatic rings. The van der Waals surface area contributed by atoms with Crippen LogP contribution in [0.3, 0.4) is 0 Å². The first-order chi connectivity index (χ1) is 12.9. The van der Waals surface area contributed by atoms with Crippen molar-refractivity contribution in [3.05, 3.63) is 59.7 Å². The number of hydrogen-bond donors (Lipinski definition) is 2. The second-order valence-corrected chi connectivity index (χ2v) is 6.16. The molecule has 6 nitrogen and oxygen atoms in total. The van der Waals surface area contributed by atoms with Crippen LogP contribution in [-0.2, 0) is 16.0 Å². The fourth-order valence-electron chi connectivity index (χ4n) is 2.72. The van der Waals surface area contributed by atoms with E-state index in [4.69, 9.17) is 0 Å². The zero-order chi connectivity index (χ0) is 19.8. The smallest absolute Gasteiger partial charge is 0.253 e. The summed E-state index contributed by atoms with van der Waals surface area (Å²) in [4.78, 5) is 37.5. The standard InChI is InChI=1S/C21H25N3O3/c1-4-24(5-2)21(27)17-7-6-8-19(14-17)23-20(26)13-16-9-11-18(12-10-16)22-15(3)25/h6-12,14H,4-5,13H2,1-3H3,(H,22,25)(H,23,26). The lowest BCUT2D eigenvalue weighted by Crippen LogP contribution is -2.30. The van der Waals surface area contributed by atoms with E-state index in [1.807, 2.05) is 13.8 Å². The summed E-state index contributed by atoms with van der Waals surface area (Å²) < 4.78 is 0. The van der Waals surface area contributed by atoms with Gasteiger partial charge in [0.2, 0.25) is 11.8 Å². The molecule has 142 valence electrons. The predicted molar refractivity (Wildman–Crippen MR) is 107 cm³/mol. The maximum absolute atomic E-state index is 12.4. The first kappa shape index (κ1) is 20.2. The molecule has 2 N–H and O–H groups in total. The molecular weight excluding hydrogens is 342 g/mol. The SMILES string of the molecule is CCN(CC)C(=O)c1cccc(NC(=O)Cc2ccc(NC(C)=O)cc2)c1. The molecule has 0 bridgehead atoms. The third-order valence-corrected chi connectivity index (χ3v) is 4.08. The van der Waals surface area contributed by atoms with E-state index in [0.29, 0.717) is 30.0 Å². The van der Waals surface area contributed by atoms with Crippen molar-refractivity contribution in [2.45, 2.75) is 27.2 Å². The van der Waals surface area contributed by atoms with E-state index in [0.717, 1.165) is 5.56 Å². The van der Waals surface area contributed by atoms with Gasteiger partial charge in [-0.05, 0) is 49.7 Å². The molecule has 27 heavy (non-hydrogen) atoms. The molecule has 0 unspecified atom stereocenters. The summed E-state index contributed by atoms with van der Waals surface area (Å²) in [5.41, 5.74) is 2.66. The molecule has 0 aliphatic carbocycles. The summed E-state index contributed by atoms with van der Waals surface area (Å²) >= 11 is 0. The lowest BCUT2D eigenvalue weighted by atomic mass is 10.1. The zero-order valence-electron chi connectivity index (χ0n) is 15.9. The van der Waals surface area contributed by atoms with Gasteiger partial charge in [-0.3, -0.25) is 14.4 Å². The molecule has 0 saturated heterocycles. The molecule has 0 saturated carbocycles. The van der Waals surface area contributed by atoms with E-state index in [1.165, 1.54) is 6.92 Å². The van der Waals surface area contributed by atoms with Gasteiger partial charge in [0.1, 0.15) is 0 Å². The summed E-state index contributed by atoms with van der Waals surface area (Å²) in [5.74, 6) is -0.362. The fraction of sp³-hybridized carbons (Fsp3) is 0.286. The van der Waals surface area contributed by atoms with Crippen LogP contribution in [0.5, 0.6) is 0 Å². The Balaban J connectivity index is 2.00. The topological polar surface area (TPSA) is 78.5 Å². The highest BCUT2D eigenvalue weighted by Crippen LogP contribution is 2.15. The molecule has 3 amide bonds. The van der Waals surface area contributed by atoms with E-state index >= 15 is 0 Å². The molecule has 0 atom stereocenters. The molecule has 0 aromatic heterocycles. The van der Waals surface area contributed by atoms with Crippen molar-refractivity contribution < 1.29 is 14.4 Å². The van der Waals surface area contributed by atoms with Crippen LogP contribution in [0.25, 0.3) is 0 Å². The van der Waals surface area contributed by atoms with Gasteiger partial charge in [0.05, 0.1) is 6.42 Å². The van der Waals surface area contributed by atoms with Gasteiger partial charge in [-0.1, -0.05) is 18.2 Å². The van der Waals surface area contributed by atoms with Gasteiger partial charge in [-0.25, -0.2) is 0 Å².